The van der Waals surface area contributed by atoms with E-state index in [1.54, 1.807) is 17.8 Å². The maximum Gasteiger partial charge on any atom is 0.230 e. The molecule has 2 fully saturated rings. The molecule has 0 atom stereocenters. The van der Waals surface area contributed by atoms with Crippen LogP contribution in [-0.4, -0.2) is 83.9 Å². The lowest BCUT2D eigenvalue weighted by Crippen LogP contribution is -2.30. The number of allylic oxidation sites excluding steroid dienone is 1. The Morgan fingerprint density at radius 1 is 1.30 bits per heavy atom. The molecule has 2 aromatic heterocycles. The lowest BCUT2D eigenvalue weighted by atomic mass is 10.1. The molecular formula is C20H28N8O2. The fraction of sp³-hybridized carbons (Fsp3) is 0.500. The summed E-state index contributed by atoms with van der Waals surface area (Å²) in [4.78, 5) is 25.8. The van der Waals surface area contributed by atoms with Crippen molar-refractivity contribution in [3.8, 4) is 0 Å². The van der Waals surface area contributed by atoms with Crippen LogP contribution in [0, 0.1) is 0 Å². The maximum absolute atomic E-state index is 11.7. The predicted octanol–water partition coefficient (Wildman–Crippen LogP) is 0.742. The second kappa shape index (κ2) is 8.80. The molecule has 0 radical (unpaired) electrons. The number of carbonyl (C=O) groups is 1. The SMILES string of the molecule is C=C1NC(=O)C/C1=C\c1cnn2c(NCCOC)nc(N3CCCN(C)CC3)nc12. The van der Waals surface area contributed by atoms with Gasteiger partial charge in [-0.15, -0.1) is 0 Å². The summed E-state index contributed by atoms with van der Waals surface area (Å²) in [6.45, 7) is 8.88. The molecule has 160 valence electrons. The second-order valence-electron chi connectivity index (χ2n) is 7.62. The van der Waals surface area contributed by atoms with Crippen LogP contribution in [0.15, 0.2) is 24.0 Å². The summed E-state index contributed by atoms with van der Waals surface area (Å²) in [6, 6.07) is 0. The third kappa shape index (κ3) is 4.29. The van der Waals surface area contributed by atoms with Crippen molar-refractivity contribution in [3.05, 3.63) is 29.6 Å². The molecule has 0 unspecified atom stereocenters. The maximum atomic E-state index is 11.7. The average molecular weight is 412 g/mol. The lowest BCUT2D eigenvalue weighted by molar-refractivity contribution is -0.118. The molecule has 0 aliphatic carbocycles. The highest BCUT2D eigenvalue weighted by Crippen LogP contribution is 2.25. The Morgan fingerprint density at radius 3 is 2.93 bits per heavy atom. The van der Waals surface area contributed by atoms with E-state index in [2.05, 4.69) is 39.2 Å². The number of rotatable bonds is 6. The number of ether oxygens (including phenoxy) is 1. The summed E-state index contributed by atoms with van der Waals surface area (Å²) < 4.78 is 6.85. The van der Waals surface area contributed by atoms with Crippen molar-refractivity contribution in [1.29, 1.82) is 0 Å². The fourth-order valence-corrected chi connectivity index (χ4v) is 3.65. The van der Waals surface area contributed by atoms with Gasteiger partial charge in [-0.25, -0.2) is 0 Å². The zero-order valence-corrected chi connectivity index (χ0v) is 17.5. The summed E-state index contributed by atoms with van der Waals surface area (Å²) in [5.41, 5.74) is 2.99. The van der Waals surface area contributed by atoms with Gasteiger partial charge in [0.05, 0.1) is 19.2 Å². The Morgan fingerprint density at radius 2 is 2.17 bits per heavy atom. The van der Waals surface area contributed by atoms with Crippen LogP contribution in [0.3, 0.4) is 0 Å². The molecule has 0 spiro atoms. The highest BCUT2D eigenvalue weighted by molar-refractivity contribution is 5.89. The number of amides is 1. The van der Waals surface area contributed by atoms with Crippen LogP contribution in [0.2, 0.25) is 0 Å². The highest BCUT2D eigenvalue weighted by atomic mass is 16.5. The molecule has 0 bridgehead atoms. The number of methoxy groups -OCH3 is 1. The van der Waals surface area contributed by atoms with Crippen molar-refractivity contribution < 1.29 is 9.53 Å². The number of nitrogens with zero attached hydrogens (tertiary/aromatic N) is 6. The zero-order valence-electron chi connectivity index (χ0n) is 17.5. The van der Waals surface area contributed by atoms with E-state index in [-0.39, 0.29) is 5.91 Å². The molecule has 4 rings (SSSR count). The van der Waals surface area contributed by atoms with Crippen LogP contribution in [0.4, 0.5) is 11.9 Å². The fourth-order valence-electron chi connectivity index (χ4n) is 3.65. The minimum atomic E-state index is -0.0475. The monoisotopic (exact) mass is 412 g/mol. The average Bonchev–Trinajstić information content (AvgIpc) is 3.18. The lowest BCUT2D eigenvalue weighted by Gasteiger charge is -2.21. The summed E-state index contributed by atoms with van der Waals surface area (Å²) in [7, 11) is 3.80. The molecule has 10 nitrogen and oxygen atoms in total. The first kappa shape index (κ1) is 20.3. The van der Waals surface area contributed by atoms with Crippen LogP contribution >= 0.6 is 0 Å². The number of hydrogen-bond acceptors (Lipinski definition) is 8. The van der Waals surface area contributed by atoms with Gasteiger partial charge in [-0.1, -0.05) is 6.58 Å². The van der Waals surface area contributed by atoms with Crippen LogP contribution in [0.25, 0.3) is 11.7 Å². The van der Waals surface area contributed by atoms with Crippen molar-refractivity contribution in [2.75, 3.05) is 63.7 Å². The number of hydrogen-bond donors (Lipinski definition) is 2. The smallest absolute Gasteiger partial charge is 0.230 e. The van der Waals surface area contributed by atoms with E-state index < -0.39 is 0 Å². The zero-order chi connectivity index (χ0) is 21.1. The minimum Gasteiger partial charge on any atom is -0.383 e. The Kier molecular flexibility index (Phi) is 5.96. The second-order valence-corrected chi connectivity index (χ2v) is 7.62. The van der Waals surface area contributed by atoms with Crippen LogP contribution in [0.1, 0.15) is 18.4 Å². The molecule has 1 amide bonds. The summed E-state index contributed by atoms with van der Waals surface area (Å²) in [5, 5.41) is 10.5. The first-order valence-corrected chi connectivity index (χ1v) is 10.2. The molecule has 2 aliphatic heterocycles. The van der Waals surface area contributed by atoms with Gasteiger partial charge in [0.1, 0.15) is 0 Å². The predicted molar refractivity (Wildman–Crippen MR) is 115 cm³/mol. The van der Waals surface area contributed by atoms with Gasteiger partial charge in [0.25, 0.3) is 0 Å². The largest absolute Gasteiger partial charge is 0.383 e. The van der Waals surface area contributed by atoms with Gasteiger partial charge in [0.2, 0.25) is 17.8 Å². The number of nitrogens with one attached hydrogen (secondary N) is 2. The molecular weight excluding hydrogens is 384 g/mol. The van der Waals surface area contributed by atoms with Crippen LogP contribution < -0.4 is 15.5 Å². The third-order valence-electron chi connectivity index (χ3n) is 5.33. The quantitative estimate of drug-likeness (QED) is 0.671. The summed E-state index contributed by atoms with van der Waals surface area (Å²) in [5.74, 6) is 1.25. The number of aromatic nitrogens is 4. The topological polar surface area (TPSA) is 99.9 Å². The molecule has 2 aromatic rings. The molecule has 10 heteroatoms. The van der Waals surface area contributed by atoms with E-state index in [0.29, 0.717) is 42.8 Å². The first-order chi connectivity index (χ1) is 14.5. The molecule has 0 aromatic carbocycles. The van der Waals surface area contributed by atoms with E-state index in [4.69, 9.17) is 14.7 Å². The standard InChI is InChI=1S/C20H28N8O2/c1-14-15(12-17(29)23-14)11-16-13-22-28-18(16)24-20(25-19(28)21-5-10-30-3)27-7-4-6-26(2)8-9-27/h11,13H,1,4-10,12H2,2-3H3,(H,23,29)(H,21,24,25)/b15-11+. The molecule has 4 heterocycles. The Hall–Kier alpha value is -2.98. The van der Waals surface area contributed by atoms with Gasteiger partial charge in [0.15, 0.2) is 5.65 Å². The van der Waals surface area contributed by atoms with E-state index in [1.165, 1.54) is 0 Å². The normalized spacial score (nSPS) is 19.5. The van der Waals surface area contributed by atoms with Gasteiger partial charge < -0.3 is 25.2 Å². The van der Waals surface area contributed by atoms with Gasteiger partial charge in [-0.2, -0.15) is 19.6 Å². The van der Waals surface area contributed by atoms with Crippen molar-refractivity contribution in [2.24, 2.45) is 0 Å². The number of likely N-dealkylation sites (N-methyl/N-ethyl adjacent to an activating group) is 1. The van der Waals surface area contributed by atoms with Gasteiger partial charge in [-0.3, -0.25) is 4.79 Å². The Labute approximate surface area is 175 Å². The van der Waals surface area contributed by atoms with Crippen molar-refractivity contribution in [1.82, 2.24) is 29.8 Å². The van der Waals surface area contributed by atoms with Gasteiger partial charge >= 0.3 is 0 Å². The third-order valence-corrected chi connectivity index (χ3v) is 5.33. The number of fused-ring (bicyclic) bond motifs is 1. The molecule has 30 heavy (non-hydrogen) atoms. The number of carbonyl (C=O) groups excluding carboxylic acids is 1. The molecule has 2 N–H and O–H groups in total. The highest BCUT2D eigenvalue weighted by Gasteiger charge is 2.22. The molecule has 2 saturated heterocycles. The number of anilines is 2. The van der Waals surface area contributed by atoms with E-state index >= 15 is 0 Å². The van der Waals surface area contributed by atoms with E-state index in [9.17, 15) is 4.79 Å². The Bertz CT molecular complexity index is 983. The summed E-state index contributed by atoms with van der Waals surface area (Å²) in [6.07, 6.45) is 5.04. The summed E-state index contributed by atoms with van der Waals surface area (Å²) >= 11 is 0. The van der Waals surface area contributed by atoms with Crippen molar-refractivity contribution >= 4 is 29.5 Å². The van der Waals surface area contributed by atoms with Gasteiger partial charge in [-0.05, 0) is 31.7 Å². The van der Waals surface area contributed by atoms with Crippen LogP contribution in [-0.2, 0) is 9.53 Å². The van der Waals surface area contributed by atoms with Crippen LogP contribution in [0.5, 0.6) is 0 Å². The molecule has 2 aliphatic rings. The Balaban J connectivity index is 1.73. The first-order valence-electron chi connectivity index (χ1n) is 10.2. The molecule has 0 saturated carbocycles. The van der Waals surface area contributed by atoms with Gasteiger partial charge in [0, 0.05) is 44.5 Å². The van der Waals surface area contributed by atoms with E-state index in [1.807, 2.05) is 6.08 Å². The minimum absolute atomic E-state index is 0.0475. The van der Waals surface area contributed by atoms with Crippen molar-refractivity contribution in [3.63, 3.8) is 0 Å². The van der Waals surface area contributed by atoms with E-state index in [0.717, 1.165) is 43.7 Å². The van der Waals surface area contributed by atoms with Crippen molar-refractivity contribution in [2.45, 2.75) is 12.8 Å².